The molecule has 1 radical (unpaired) electrons. The number of nitrogens with zero attached hydrogens (tertiary/aromatic N) is 3. The molecule has 0 aliphatic carbocycles. The van der Waals surface area contributed by atoms with Gasteiger partial charge in [-0.15, -0.1) is 5.10 Å². The second-order valence-electron chi connectivity index (χ2n) is 2.15. The van der Waals surface area contributed by atoms with Gasteiger partial charge in [0.05, 0.1) is 11.9 Å². The van der Waals surface area contributed by atoms with Crippen molar-refractivity contribution in [3.8, 4) is 0 Å². The van der Waals surface area contributed by atoms with Crippen LogP contribution in [0.2, 0.25) is 0 Å². The van der Waals surface area contributed by atoms with E-state index in [-0.39, 0.29) is 0 Å². The predicted molar refractivity (Wildman–Crippen MR) is 37.3 cm³/mol. The van der Waals surface area contributed by atoms with E-state index in [9.17, 15) is 0 Å². The topological polar surface area (TPSA) is 38.7 Å². The SMILES string of the molecule is CCCCc1cn[c]nn1. The van der Waals surface area contributed by atoms with Crippen molar-refractivity contribution < 1.29 is 0 Å². The number of hydrogen-bond donors (Lipinski definition) is 0. The molecule has 1 aromatic heterocycles. The number of unbranched alkanes of at least 4 members (excludes halogenated alkanes) is 1. The summed E-state index contributed by atoms with van der Waals surface area (Å²) in [6.07, 6.45) is 7.42. The summed E-state index contributed by atoms with van der Waals surface area (Å²) < 4.78 is 0. The summed E-state index contributed by atoms with van der Waals surface area (Å²) in [5.74, 6) is 0. The maximum Gasteiger partial charge on any atom is 0.221 e. The van der Waals surface area contributed by atoms with Gasteiger partial charge in [0.25, 0.3) is 0 Å². The highest BCUT2D eigenvalue weighted by Crippen LogP contribution is 1.96. The summed E-state index contributed by atoms with van der Waals surface area (Å²) in [5.41, 5.74) is 0.959. The molecule has 0 N–H and O–H groups in total. The van der Waals surface area contributed by atoms with E-state index in [1.165, 1.54) is 6.42 Å². The summed E-state index contributed by atoms with van der Waals surface area (Å²) >= 11 is 0. The molecule has 0 unspecified atom stereocenters. The monoisotopic (exact) mass is 136 g/mol. The lowest BCUT2D eigenvalue weighted by atomic mass is 10.2. The molecule has 0 atom stereocenters. The van der Waals surface area contributed by atoms with Crippen molar-refractivity contribution in [2.75, 3.05) is 0 Å². The first-order valence-corrected chi connectivity index (χ1v) is 3.48. The van der Waals surface area contributed by atoms with Crippen LogP contribution in [0, 0.1) is 6.33 Å². The average molecular weight is 136 g/mol. The second kappa shape index (κ2) is 3.93. The van der Waals surface area contributed by atoms with E-state index in [0.717, 1.165) is 18.5 Å². The van der Waals surface area contributed by atoms with E-state index < -0.39 is 0 Å². The molecular weight excluding hydrogens is 126 g/mol. The van der Waals surface area contributed by atoms with Crippen molar-refractivity contribution in [1.29, 1.82) is 0 Å². The molecule has 0 aliphatic heterocycles. The van der Waals surface area contributed by atoms with Crippen LogP contribution in [0.4, 0.5) is 0 Å². The normalized spacial score (nSPS) is 9.70. The van der Waals surface area contributed by atoms with Gasteiger partial charge in [0.2, 0.25) is 6.33 Å². The zero-order chi connectivity index (χ0) is 7.23. The zero-order valence-corrected chi connectivity index (χ0v) is 6.04. The van der Waals surface area contributed by atoms with Gasteiger partial charge in [-0.25, -0.2) is 4.98 Å². The van der Waals surface area contributed by atoms with Gasteiger partial charge in [-0.1, -0.05) is 13.3 Å². The second-order valence-corrected chi connectivity index (χ2v) is 2.15. The molecule has 1 rings (SSSR count). The molecule has 0 fully saturated rings. The van der Waals surface area contributed by atoms with Crippen molar-refractivity contribution in [1.82, 2.24) is 15.2 Å². The molecule has 1 heterocycles. The lowest BCUT2D eigenvalue weighted by Crippen LogP contribution is -1.93. The van der Waals surface area contributed by atoms with Gasteiger partial charge >= 0.3 is 0 Å². The van der Waals surface area contributed by atoms with Gasteiger partial charge in [-0.05, 0) is 12.8 Å². The Morgan fingerprint density at radius 2 is 2.50 bits per heavy atom. The van der Waals surface area contributed by atoms with Crippen LogP contribution in [0.3, 0.4) is 0 Å². The number of hydrogen-bond acceptors (Lipinski definition) is 3. The summed E-state index contributed by atoms with van der Waals surface area (Å²) in [6.45, 7) is 2.15. The van der Waals surface area contributed by atoms with Crippen LogP contribution >= 0.6 is 0 Å². The molecule has 53 valence electrons. The Hall–Kier alpha value is -0.990. The molecule has 3 nitrogen and oxygen atoms in total. The highest BCUT2D eigenvalue weighted by Gasteiger charge is 1.91. The molecular formula is C7H10N3. The maximum atomic E-state index is 3.85. The first-order valence-electron chi connectivity index (χ1n) is 3.48. The third kappa shape index (κ3) is 2.09. The Labute approximate surface area is 60.5 Å². The molecule has 0 spiro atoms. The van der Waals surface area contributed by atoms with Crippen LogP contribution in [-0.4, -0.2) is 15.2 Å². The minimum Gasteiger partial charge on any atom is -0.230 e. The van der Waals surface area contributed by atoms with Gasteiger partial charge in [-0.3, -0.25) is 0 Å². The van der Waals surface area contributed by atoms with Gasteiger partial charge in [-0.2, -0.15) is 5.10 Å². The molecule has 3 heteroatoms. The van der Waals surface area contributed by atoms with E-state index in [2.05, 4.69) is 28.4 Å². The van der Waals surface area contributed by atoms with E-state index in [0.29, 0.717) is 0 Å². The van der Waals surface area contributed by atoms with Crippen LogP contribution in [0.1, 0.15) is 25.5 Å². The molecule has 0 aliphatic rings. The van der Waals surface area contributed by atoms with Gasteiger partial charge in [0.1, 0.15) is 0 Å². The molecule has 0 amide bonds. The first kappa shape index (κ1) is 7.12. The van der Waals surface area contributed by atoms with Crippen molar-refractivity contribution in [2.45, 2.75) is 26.2 Å². The fourth-order valence-electron chi connectivity index (χ4n) is 0.714. The van der Waals surface area contributed by atoms with Crippen molar-refractivity contribution in [3.63, 3.8) is 0 Å². The summed E-state index contributed by atoms with van der Waals surface area (Å²) in [5, 5.41) is 7.40. The fraction of sp³-hybridized carbons (Fsp3) is 0.571. The minimum atomic E-state index is 0.959. The van der Waals surface area contributed by atoms with Crippen LogP contribution in [0.5, 0.6) is 0 Å². The van der Waals surface area contributed by atoms with Gasteiger partial charge in [0, 0.05) is 0 Å². The Bertz CT molecular complexity index is 173. The van der Waals surface area contributed by atoms with Crippen LogP contribution in [0.25, 0.3) is 0 Å². The smallest absolute Gasteiger partial charge is 0.221 e. The van der Waals surface area contributed by atoms with E-state index in [1.807, 2.05) is 0 Å². The summed E-state index contributed by atoms with van der Waals surface area (Å²) in [6, 6.07) is 0. The fourth-order valence-corrected chi connectivity index (χ4v) is 0.714. The Kier molecular flexibility index (Phi) is 2.80. The van der Waals surface area contributed by atoms with Crippen LogP contribution < -0.4 is 0 Å². The number of rotatable bonds is 3. The van der Waals surface area contributed by atoms with Crippen LogP contribution in [0.15, 0.2) is 6.20 Å². The highest BCUT2D eigenvalue weighted by molar-refractivity contribution is 4.89. The van der Waals surface area contributed by atoms with Crippen molar-refractivity contribution in [2.24, 2.45) is 0 Å². The quantitative estimate of drug-likeness (QED) is 0.622. The molecule has 1 aromatic rings. The lowest BCUT2D eigenvalue weighted by molar-refractivity contribution is 0.748. The van der Waals surface area contributed by atoms with E-state index in [1.54, 1.807) is 6.20 Å². The van der Waals surface area contributed by atoms with E-state index in [4.69, 9.17) is 0 Å². The van der Waals surface area contributed by atoms with Gasteiger partial charge < -0.3 is 0 Å². The molecule has 0 saturated heterocycles. The lowest BCUT2D eigenvalue weighted by Gasteiger charge is -1.93. The Morgan fingerprint density at radius 3 is 3.10 bits per heavy atom. The number of aryl methyl sites for hydroxylation is 1. The molecule has 10 heavy (non-hydrogen) atoms. The third-order valence-electron chi connectivity index (χ3n) is 1.28. The minimum absolute atomic E-state index is 0.959. The summed E-state index contributed by atoms with van der Waals surface area (Å²) in [7, 11) is 0. The largest absolute Gasteiger partial charge is 0.230 e. The standard InChI is InChI=1S/C7H10N3/c1-2-3-4-7-5-8-6-9-10-7/h5H,2-4H2,1H3. The molecule has 0 aromatic carbocycles. The number of aromatic nitrogens is 3. The Balaban J connectivity index is 2.43. The maximum absolute atomic E-state index is 3.85. The molecule has 0 bridgehead atoms. The predicted octanol–water partition coefficient (Wildman–Crippen LogP) is 1.01. The van der Waals surface area contributed by atoms with Crippen molar-refractivity contribution >= 4 is 0 Å². The van der Waals surface area contributed by atoms with Gasteiger partial charge in [0.15, 0.2) is 0 Å². The highest BCUT2D eigenvalue weighted by atomic mass is 15.1. The summed E-state index contributed by atoms with van der Waals surface area (Å²) in [4.78, 5) is 3.74. The first-order chi connectivity index (χ1) is 4.93. The molecule has 0 saturated carbocycles. The third-order valence-corrected chi connectivity index (χ3v) is 1.28. The Morgan fingerprint density at radius 1 is 1.60 bits per heavy atom. The van der Waals surface area contributed by atoms with Crippen LogP contribution in [-0.2, 0) is 6.42 Å². The van der Waals surface area contributed by atoms with E-state index >= 15 is 0 Å². The van der Waals surface area contributed by atoms with Crippen molar-refractivity contribution in [3.05, 3.63) is 18.2 Å². The average Bonchev–Trinajstić information content (AvgIpc) is 2.03. The zero-order valence-electron chi connectivity index (χ0n) is 6.04.